The summed E-state index contributed by atoms with van der Waals surface area (Å²) in [6.07, 6.45) is 1.01. The molecule has 0 spiro atoms. The van der Waals surface area contributed by atoms with Gasteiger partial charge in [0.2, 0.25) is 0 Å². The molecule has 0 saturated carbocycles. The van der Waals surface area contributed by atoms with Crippen LogP contribution < -0.4 is 14.8 Å². The normalized spacial score (nSPS) is 11.4. The number of aliphatic hydroxyl groups is 1. The van der Waals surface area contributed by atoms with Gasteiger partial charge in [-0.15, -0.1) is 11.3 Å². The molecule has 2 aromatic carbocycles. The van der Waals surface area contributed by atoms with E-state index < -0.39 is 15.7 Å². The molecule has 1 heterocycles. The number of amides is 1. The number of nitrogens with one attached hydrogen (secondary N) is 1. The summed E-state index contributed by atoms with van der Waals surface area (Å²) in [5.74, 6) is 0.796. The number of carbonyl (C=O) groups excluding carboxylic acids is 1. The highest BCUT2D eigenvalue weighted by atomic mass is 32.2. The van der Waals surface area contributed by atoms with Crippen molar-refractivity contribution in [2.24, 2.45) is 0 Å². The first-order chi connectivity index (χ1) is 14.6. The van der Waals surface area contributed by atoms with E-state index >= 15 is 0 Å². The molecule has 8 nitrogen and oxygen atoms in total. The lowest BCUT2D eigenvalue weighted by atomic mass is 10.2. The van der Waals surface area contributed by atoms with Gasteiger partial charge in [-0.1, -0.05) is 0 Å². The molecule has 0 aliphatic rings. The minimum absolute atomic E-state index is 0.119. The lowest BCUT2D eigenvalue weighted by Crippen LogP contribution is -2.13. The molecule has 0 aliphatic carbocycles. The third kappa shape index (κ3) is 6.27. The number of ether oxygens (including phenoxy) is 2. The van der Waals surface area contributed by atoms with E-state index in [1.165, 1.54) is 35.6 Å². The largest absolute Gasteiger partial charge is 0.491 e. The summed E-state index contributed by atoms with van der Waals surface area (Å²) in [5.41, 5.74) is 0.764. The highest BCUT2D eigenvalue weighted by Crippen LogP contribution is 2.29. The minimum atomic E-state index is -3.31. The van der Waals surface area contributed by atoms with Crippen LogP contribution in [0.3, 0.4) is 0 Å². The molecular formula is C21H22N2O6S2. The molecule has 3 rings (SSSR count). The van der Waals surface area contributed by atoms with Gasteiger partial charge in [-0.2, -0.15) is 0 Å². The molecule has 0 unspecified atom stereocenters. The van der Waals surface area contributed by atoms with Crippen molar-refractivity contribution in [1.82, 2.24) is 4.98 Å². The van der Waals surface area contributed by atoms with Crippen LogP contribution in [0.5, 0.6) is 17.2 Å². The number of hydrogen-bond acceptors (Lipinski definition) is 8. The number of hydrogen-bond donors (Lipinski definition) is 2. The van der Waals surface area contributed by atoms with Crippen molar-refractivity contribution in [3.8, 4) is 17.2 Å². The highest BCUT2D eigenvalue weighted by molar-refractivity contribution is 7.90. The molecule has 10 heteroatoms. The fourth-order valence-corrected chi connectivity index (χ4v) is 3.93. The molecule has 0 fully saturated rings. The summed E-state index contributed by atoms with van der Waals surface area (Å²) in [6, 6.07) is 10.8. The Bertz CT molecular complexity index is 1170. The van der Waals surface area contributed by atoms with Crippen molar-refractivity contribution in [3.05, 3.63) is 59.1 Å². The van der Waals surface area contributed by atoms with Crippen molar-refractivity contribution in [1.29, 1.82) is 0 Å². The number of rotatable bonds is 8. The van der Waals surface area contributed by atoms with Gasteiger partial charge in [0.1, 0.15) is 17.2 Å². The molecule has 0 atom stereocenters. The van der Waals surface area contributed by atoms with E-state index in [-0.39, 0.29) is 17.6 Å². The van der Waals surface area contributed by atoms with E-state index in [0.29, 0.717) is 33.6 Å². The van der Waals surface area contributed by atoms with Gasteiger partial charge in [-0.05, 0) is 50.2 Å². The number of anilines is 1. The molecule has 0 saturated heterocycles. The van der Waals surface area contributed by atoms with Crippen molar-refractivity contribution in [2.75, 3.05) is 11.6 Å². The highest BCUT2D eigenvalue weighted by Gasteiger charge is 2.14. The van der Waals surface area contributed by atoms with Crippen LogP contribution in [0, 0.1) is 0 Å². The zero-order chi connectivity index (χ0) is 22.6. The second-order valence-corrected chi connectivity index (χ2v) is 9.84. The fourth-order valence-electron chi connectivity index (χ4n) is 2.60. The summed E-state index contributed by atoms with van der Waals surface area (Å²) >= 11 is 1.21. The van der Waals surface area contributed by atoms with E-state index in [9.17, 15) is 13.2 Å². The number of aliphatic hydroxyl groups excluding tert-OH is 1. The first kappa shape index (κ1) is 22.7. The molecule has 1 amide bonds. The predicted octanol–water partition coefficient (Wildman–Crippen LogP) is 3.87. The summed E-state index contributed by atoms with van der Waals surface area (Å²) in [4.78, 5) is 17.0. The molecule has 2 N–H and O–H groups in total. The van der Waals surface area contributed by atoms with Crippen LogP contribution >= 0.6 is 11.3 Å². The van der Waals surface area contributed by atoms with E-state index in [1.54, 1.807) is 23.6 Å². The van der Waals surface area contributed by atoms with Gasteiger partial charge in [0, 0.05) is 23.3 Å². The van der Waals surface area contributed by atoms with Gasteiger partial charge >= 0.3 is 0 Å². The summed E-state index contributed by atoms with van der Waals surface area (Å²) in [6.45, 7) is 3.52. The average molecular weight is 463 g/mol. The van der Waals surface area contributed by atoms with E-state index in [0.717, 1.165) is 6.26 Å². The third-order valence-corrected chi connectivity index (χ3v) is 5.87. The average Bonchev–Trinajstić information content (AvgIpc) is 3.14. The topological polar surface area (TPSA) is 115 Å². The van der Waals surface area contributed by atoms with Crippen LogP contribution in [0.1, 0.15) is 29.9 Å². The van der Waals surface area contributed by atoms with E-state index in [1.807, 2.05) is 13.8 Å². The van der Waals surface area contributed by atoms with Gasteiger partial charge in [0.15, 0.2) is 15.0 Å². The Morgan fingerprint density at radius 2 is 1.81 bits per heavy atom. The maximum absolute atomic E-state index is 12.7. The monoisotopic (exact) mass is 462 g/mol. The number of benzene rings is 2. The molecule has 0 bridgehead atoms. The van der Waals surface area contributed by atoms with Crippen molar-refractivity contribution >= 4 is 32.2 Å². The van der Waals surface area contributed by atoms with Crippen LogP contribution in [0.15, 0.2) is 52.7 Å². The Morgan fingerprint density at radius 3 is 2.39 bits per heavy atom. The van der Waals surface area contributed by atoms with E-state index in [2.05, 4.69) is 10.3 Å². The van der Waals surface area contributed by atoms with Crippen molar-refractivity contribution in [3.63, 3.8) is 0 Å². The fraction of sp³-hybridized carbons (Fsp3) is 0.238. The third-order valence-electron chi connectivity index (χ3n) is 3.94. The maximum Gasteiger partial charge on any atom is 0.257 e. The Kier molecular flexibility index (Phi) is 6.94. The Labute approximate surface area is 184 Å². The Balaban J connectivity index is 1.86. The maximum atomic E-state index is 12.7. The van der Waals surface area contributed by atoms with Gasteiger partial charge < -0.3 is 14.6 Å². The molecule has 0 radical (unpaired) electrons. The van der Waals surface area contributed by atoms with Crippen LogP contribution in [0.2, 0.25) is 0 Å². The number of carbonyl (C=O) groups is 1. The molecule has 1 aromatic heterocycles. The summed E-state index contributed by atoms with van der Waals surface area (Å²) in [7, 11) is -3.31. The first-order valence-electron chi connectivity index (χ1n) is 9.30. The summed E-state index contributed by atoms with van der Waals surface area (Å²) in [5, 5.41) is 13.8. The zero-order valence-corrected chi connectivity index (χ0v) is 18.8. The molecule has 164 valence electrons. The molecular weight excluding hydrogens is 440 g/mol. The van der Waals surface area contributed by atoms with Crippen LogP contribution in [-0.2, 0) is 16.4 Å². The minimum Gasteiger partial charge on any atom is -0.491 e. The predicted molar refractivity (Wildman–Crippen MR) is 118 cm³/mol. The standard InChI is InChI=1S/C21H22N2O6S2/c1-13(2)28-17-8-14(20(25)23-21-22-15(11-24)12-30-21)9-18(10-17)29-16-4-6-19(7-5-16)31(3,26)27/h4-10,12-13,24H,11H2,1-3H3,(H,22,23,25). The van der Waals surface area contributed by atoms with Gasteiger partial charge in [0.25, 0.3) is 5.91 Å². The van der Waals surface area contributed by atoms with Crippen LogP contribution in [-0.4, -0.2) is 36.8 Å². The zero-order valence-electron chi connectivity index (χ0n) is 17.2. The Morgan fingerprint density at radius 1 is 1.13 bits per heavy atom. The lowest BCUT2D eigenvalue weighted by molar-refractivity contribution is 0.102. The molecule has 0 aliphatic heterocycles. The van der Waals surface area contributed by atoms with Crippen LogP contribution in [0.25, 0.3) is 0 Å². The SMILES string of the molecule is CC(C)Oc1cc(Oc2ccc(S(C)(=O)=O)cc2)cc(C(=O)Nc2nc(CO)cs2)c1. The number of aromatic nitrogens is 1. The van der Waals surface area contributed by atoms with Crippen molar-refractivity contribution < 1.29 is 27.8 Å². The lowest BCUT2D eigenvalue weighted by Gasteiger charge is -2.14. The second-order valence-electron chi connectivity index (χ2n) is 6.96. The number of sulfone groups is 1. The molecule has 3 aromatic rings. The quantitative estimate of drug-likeness (QED) is 0.522. The molecule has 31 heavy (non-hydrogen) atoms. The van der Waals surface area contributed by atoms with Gasteiger partial charge in [-0.25, -0.2) is 13.4 Å². The van der Waals surface area contributed by atoms with Gasteiger partial charge in [-0.3, -0.25) is 10.1 Å². The second kappa shape index (κ2) is 9.46. The number of thiazole rings is 1. The Hall–Kier alpha value is -2.95. The summed E-state index contributed by atoms with van der Waals surface area (Å²) < 4.78 is 34.8. The van der Waals surface area contributed by atoms with Crippen molar-refractivity contribution in [2.45, 2.75) is 31.5 Å². The van der Waals surface area contributed by atoms with Crippen LogP contribution in [0.4, 0.5) is 5.13 Å². The smallest absolute Gasteiger partial charge is 0.257 e. The first-order valence-corrected chi connectivity index (χ1v) is 12.1. The number of nitrogens with zero attached hydrogens (tertiary/aromatic N) is 1. The van der Waals surface area contributed by atoms with Gasteiger partial charge in [0.05, 0.1) is 23.3 Å². The van der Waals surface area contributed by atoms with E-state index in [4.69, 9.17) is 14.6 Å².